The Bertz CT molecular complexity index is 1460. The van der Waals surface area contributed by atoms with Crippen molar-refractivity contribution in [2.75, 3.05) is 5.32 Å². The van der Waals surface area contributed by atoms with Gasteiger partial charge >= 0.3 is 12.7 Å². The summed E-state index contributed by atoms with van der Waals surface area (Å²) in [4.78, 5) is 25.5. The molecular formula is C22H18F5N5O2. The van der Waals surface area contributed by atoms with Gasteiger partial charge in [0.15, 0.2) is 0 Å². The Morgan fingerprint density at radius 3 is 2.47 bits per heavy atom. The van der Waals surface area contributed by atoms with Crippen LogP contribution in [0.15, 0.2) is 47.4 Å². The molecule has 0 unspecified atom stereocenters. The smallest absolute Gasteiger partial charge is 0.324 e. The van der Waals surface area contributed by atoms with E-state index >= 15 is 0 Å². The number of nitrogens with zero attached hydrogens (tertiary/aromatic N) is 4. The zero-order valence-electron chi connectivity index (χ0n) is 17.9. The van der Waals surface area contributed by atoms with Gasteiger partial charge in [0.05, 0.1) is 28.4 Å². The van der Waals surface area contributed by atoms with E-state index in [0.29, 0.717) is 10.1 Å². The third kappa shape index (κ3) is 4.35. The SMILES string of the molecule is CC(C)c1nn(CC(=O)Nc2ccc3cnn(C(F)F)c3c2)c(=O)c2ccc(C(F)(F)F)cc12. The number of hydrogen-bond donors (Lipinski definition) is 1. The molecule has 178 valence electrons. The van der Waals surface area contributed by atoms with Crippen LogP contribution in [-0.4, -0.2) is 25.5 Å². The molecule has 12 heteroatoms. The van der Waals surface area contributed by atoms with Gasteiger partial charge in [0.2, 0.25) is 5.91 Å². The lowest BCUT2D eigenvalue weighted by molar-refractivity contribution is -0.137. The van der Waals surface area contributed by atoms with Gasteiger partial charge in [0.25, 0.3) is 5.56 Å². The predicted molar refractivity (Wildman–Crippen MR) is 115 cm³/mol. The normalized spacial score (nSPS) is 12.3. The van der Waals surface area contributed by atoms with Crippen molar-refractivity contribution in [3.63, 3.8) is 0 Å². The first-order valence-electron chi connectivity index (χ1n) is 10.1. The van der Waals surface area contributed by atoms with Gasteiger partial charge in [0, 0.05) is 16.5 Å². The summed E-state index contributed by atoms with van der Waals surface area (Å²) in [5.41, 5.74) is -1.09. The number of alkyl halides is 5. The molecule has 0 saturated carbocycles. The van der Waals surface area contributed by atoms with Crippen molar-refractivity contribution in [3.8, 4) is 0 Å². The molecule has 0 saturated heterocycles. The second-order valence-corrected chi connectivity index (χ2v) is 7.95. The van der Waals surface area contributed by atoms with E-state index < -0.39 is 36.3 Å². The number of hydrogen-bond acceptors (Lipinski definition) is 4. The molecule has 0 fully saturated rings. The van der Waals surface area contributed by atoms with E-state index in [2.05, 4.69) is 15.5 Å². The van der Waals surface area contributed by atoms with E-state index in [4.69, 9.17) is 0 Å². The number of carbonyl (C=O) groups excluding carboxylic acids is 1. The molecule has 1 N–H and O–H groups in total. The number of carbonyl (C=O) groups is 1. The summed E-state index contributed by atoms with van der Waals surface area (Å²) in [6.07, 6.45) is -3.32. The number of benzene rings is 2. The highest BCUT2D eigenvalue weighted by molar-refractivity contribution is 5.93. The van der Waals surface area contributed by atoms with Crippen molar-refractivity contribution in [3.05, 3.63) is 64.2 Å². The van der Waals surface area contributed by atoms with Crippen LogP contribution in [0.5, 0.6) is 0 Å². The molecule has 0 bridgehead atoms. The molecule has 4 aromatic rings. The number of aromatic nitrogens is 4. The van der Waals surface area contributed by atoms with Crippen LogP contribution < -0.4 is 10.9 Å². The first-order valence-corrected chi connectivity index (χ1v) is 10.1. The fraction of sp³-hybridized carbons (Fsp3) is 0.273. The second kappa shape index (κ2) is 8.50. The molecular weight excluding hydrogens is 461 g/mol. The zero-order chi connectivity index (χ0) is 24.8. The minimum atomic E-state index is -4.59. The molecule has 34 heavy (non-hydrogen) atoms. The maximum atomic E-state index is 13.1. The molecule has 2 aromatic heterocycles. The molecule has 0 aliphatic rings. The summed E-state index contributed by atoms with van der Waals surface area (Å²) in [7, 11) is 0. The lowest BCUT2D eigenvalue weighted by atomic mass is 10.0. The van der Waals surface area contributed by atoms with E-state index in [0.717, 1.165) is 22.9 Å². The van der Waals surface area contributed by atoms with Gasteiger partial charge < -0.3 is 5.32 Å². The Hall–Kier alpha value is -3.83. The number of rotatable bonds is 5. The highest BCUT2D eigenvalue weighted by Gasteiger charge is 2.31. The fourth-order valence-corrected chi connectivity index (χ4v) is 3.63. The molecule has 2 aromatic carbocycles. The molecule has 1 amide bonds. The van der Waals surface area contributed by atoms with Gasteiger partial charge in [0.1, 0.15) is 6.54 Å². The number of amides is 1. The van der Waals surface area contributed by atoms with Crippen LogP contribution in [0.2, 0.25) is 0 Å². The Labute approximate surface area is 188 Å². The second-order valence-electron chi connectivity index (χ2n) is 7.95. The average Bonchev–Trinajstić information content (AvgIpc) is 3.18. The quantitative estimate of drug-likeness (QED) is 0.412. The van der Waals surface area contributed by atoms with Gasteiger partial charge in [-0.1, -0.05) is 13.8 Å². The standard InChI is InChI=1S/C22H18F5N5O2/c1-11(2)19-16-7-13(22(25,26)27)4-6-15(16)20(34)31(30-19)10-18(33)29-14-5-3-12-9-28-32(21(23)24)17(12)8-14/h3-9,11,21H,10H2,1-2H3,(H,29,33). The molecule has 0 atom stereocenters. The Balaban J connectivity index is 1.67. The number of nitrogens with one attached hydrogen (secondary N) is 1. The van der Waals surface area contributed by atoms with Crippen molar-refractivity contribution in [1.29, 1.82) is 0 Å². The lowest BCUT2D eigenvalue weighted by Crippen LogP contribution is -2.31. The van der Waals surface area contributed by atoms with Crippen LogP contribution >= 0.6 is 0 Å². The monoisotopic (exact) mass is 479 g/mol. The van der Waals surface area contributed by atoms with Crippen molar-refractivity contribution in [1.82, 2.24) is 19.6 Å². The van der Waals surface area contributed by atoms with Gasteiger partial charge in [-0.2, -0.15) is 32.1 Å². The third-order valence-electron chi connectivity index (χ3n) is 5.22. The van der Waals surface area contributed by atoms with Crippen LogP contribution in [-0.2, 0) is 17.5 Å². The summed E-state index contributed by atoms with van der Waals surface area (Å²) in [6.45, 7) is 0.0225. The summed E-state index contributed by atoms with van der Waals surface area (Å²) in [5.74, 6) is -1.00. The zero-order valence-corrected chi connectivity index (χ0v) is 17.9. The van der Waals surface area contributed by atoms with Crippen LogP contribution in [0.25, 0.3) is 21.7 Å². The Morgan fingerprint density at radius 1 is 1.09 bits per heavy atom. The van der Waals surface area contributed by atoms with E-state index in [1.54, 1.807) is 13.8 Å². The molecule has 7 nitrogen and oxygen atoms in total. The van der Waals surface area contributed by atoms with Gasteiger partial charge in [-0.15, -0.1) is 0 Å². The molecule has 0 aliphatic heterocycles. The summed E-state index contributed by atoms with van der Waals surface area (Å²) in [6, 6.07) is 7.08. The summed E-state index contributed by atoms with van der Waals surface area (Å²) in [5, 5.41) is 10.8. The number of fused-ring (bicyclic) bond motifs is 2. The fourth-order valence-electron chi connectivity index (χ4n) is 3.63. The van der Waals surface area contributed by atoms with Gasteiger partial charge in [-0.05, 0) is 42.3 Å². The van der Waals surface area contributed by atoms with Gasteiger partial charge in [-0.25, -0.2) is 9.36 Å². The van der Waals surface area contributed by atoms with Crippen LogP contribution in [0.3, 0.4) is 0 Å². The predicted octanol–water partition coefficient (Wildman–Crippen LogP) is 4.92. The van der Waals surface area contributed by atoms with Crippen LogP contribution in [0, 0.1) is 0 Å². The Morgan fingerprint density at radius 2 is 1.82 bits per heavy atom. The van der Waals surface area contributed by atoms with Crippen LogP contribution in [0.1, 0.15) is 37.6 Å². The van der Waals surface area contributed by atoms with Crippen molar-refractivity contribution >= 4 is 33.3 Å². The van der Waals surface area contributed by atoms with Gasteiger partial charge in [-0.3, -0.25) is 9.59 Å². The van der Waals surface area contributed by atoms with E-state index in [1.165, 1.54) is 24.4 Å². The number of anilines is 1. The van der Waals surface area contributed by atoms with Crippen molar-refractivity contribution < 1.29 is 26.7 Å². The average molecular weight is 479 g/mol. The highest BCUT2D eigenvalue weighted by atomic mass is 19.4. The first-order chi connectivity index (χ1) is 16.0. The maximum absolute atomic E-state index is 13.1. The minimum Gasteiger partial charge on any atom is -0.324 e. The van der Waals surface area contributed by atoms with E-state index in [1.807, 2.05) is 0 Å². The summed E-state index contributed by atoms with van der Waals surface area (Å²) >= 11 is 0. The highest BCUT2D eigenvalue weighted by Crippen LogP contribution is 2.32. The largest absolute Gasteiger partial charge is 0.416 e. The topological polar surface area (TPSA) is 81.8 Å². The van der Waals surface area contributed by atoms with E-state index in [9.17, 15) is 31.5 Å². The van der Waals surface area contributed by atoms with Crippen molar-refractivity contribution in [2.45, 2.75) is 39.0 Å². The molecule has 0 aliphatic carbocycles. The lowest BCUT2D eigenvalue weighted by Gasteiger charge is -2.15. The number of halogens is 5. The molecule has 0 radical (unpaired) electrons. The summed E-state index contributed by atoms with van der Waals surface area (Å²) < 4.78 is 67.0. The molecule has 2 heterocycles. The third-order valence-corrected chi connectivity index (χ3v) is 5.22. The van der Waals surface area contributed by atoms with Crippen molar-refractivity contribution in [2.24, 2.45) is 0 Å². The van der Waals surface area contributed by atoms with Crippen LogP contribution in [0.4, 0.5) is 27.6 Å². The Kier molecular flexibility index (Phi) is 5.84. The molecule has 0 spiro atoms. The maximum Gasteiger partial charge on any atom is 0.416 e. The van der Waals surface area contributed by atoms with E-state index in [-0.39, 0.29) is 33.6 Å². The first kappa shape index (κ1) is 23.3. The molecule has 4 rings (SSSR count). The minimum absolute atomic E-state index is 0.00162.